The van der Waals surface area contributed by atoms with Crippen LogP contribution in [0.1, 0.15) is 19.7 Å². The Balaban J connectivity index is 2.64. The first-order valence-corrected chi connectivity index (χ1v) is 5.97. The van der Waals surface area contributed by atoms with Gasteiger partial charge in [0.2, 0.25) is 5.88 Å². The van der Waals surface area contributed by atoms with Gasteiger partial charge in [-0.3, -0.25) is 0 Å². The van der Waals surface area contributed by atoms with Gasteiger partial charge in [-0.05, 0) is 19.8 Å². The number of aryl methyl sites for hydroxylation is 1. The van der Waals surface area contributed by atoms with E-state index in [-0.39, 0.29) is 0 Å². The van der Waals surface area contributed by atoms with Crippen LogP contribution in [0.3, 0.4) is 0 Å². The van der Waals surface area contributed by atoms with E-state index in [2.05, 4.69) is 22.2 Å². The van der Waals surface area contributed by atoms with Gasteiger partial charge in [0.05, 0.1) is 6.61 Å². The maximum atomic E-state index is 5.73. The monoisotopic (exact) mass is 243 g/mol. The lowest BCUT2D eigenvalue weighted by Crippen LogP contribution is -2.14. The minimum absolute atomic E-state index is 0.410. The predicted octanol–water partition coefficient (Wildman–Crippen LogP) is 2.47. The number of ether oxygens (including phenoxy) is 1. The second-order valence-electron chi connectivity index (χ2n) is 3.71. The van der Waals surface area contributed by atoms with E-state index in [1.807, 2.05) is 13.8 Å². The van der Waals surface area contributed by atoms with Crippen molar-refractivity contribution in [1.29, 1.82) is 0 Å². The highest BCUT2D eigenvalue weighted by Crippen LogP contribution is 2.13. The molecule has 0 aliphatic heterocycles. The summed E-state index contributed by atoms with van der Waals surface area (Å²) in [7, 11) is 0. The van der Waals surface area contributed by atoms with Crippen LogP contribution in [0.25, 0.3) is 0 Å². The summed E-state index contributed by atoms with van der Waals surface area (Å²) in [6.45, 7) is 7.26. The summed E-state index contributed by atoms with van der Waals surface area (Å²) in [5, 5.41) is 3.22. The second kappa shape index (κ2) is 6.53. The minimum atomic E-state index is 0.410. The van der Waals surface area contributed by atoms with Crippen molar-refractivity contribution >= 4 is 17.4 Å². The molecule has 5 heteroatoms. The van der Waals surface area contributed by atoms with Crippen molar-refractivity contribution in [1.82, 2.24) is 9.97 Å². The van der Waals surface area contributed by atoms with Crippen molar-refractivity contribution in [3.63, 3.8) is 0 Å². The number of aromatic nitrogens is 2. The lowest BCUT2D eigenvalue weighted by molar-refractivity contribution is 0.325. The van der Waals surface area contributed by atoms with Crippen LogP contribution >= 0.6 is 11.6 Å². The number of nitrogens with zero attached hydrogens (tertiary/aromatic N) is 2. The van der Waals surface area contributed by atoms with Crippen LogP contribution in [0.2, 0.25) is 0 Å². The van der Waals surface area contributed by atoms with Gasteiger partial charge in [0, 0.05) is 18.5 Å². The molecule has 0 fully saturated rings. The molecule has 0 saturated heterocycles. The van der Waals surface area contributed by atoms with E-state index in [1.165, 1.54) is 0 Å². The van der Waals surface area contributed by atoms with Gasteiger partial charge in [0.25, 0.3) is 0 Å². The molecule has 0 aromatic carbocycles. The average Bonchev–Trinajstić information content (AvgIpc) is 2.25. The van der Waals surface area contributed by atoms with Crippen molar-refractivity contribution in [3.8, 4) is 5.88 Å². The van der Waals surface area contributed by atoms with E-state index in [0.29, 0.717) is 30.1 Å². The van der Waals surface area contributed by atoms with Gasteiger partial charge in [-0.2, -0.15) is 4.98 Å². The minimum Gasteiger partial charge on any atom is -0.478 e. The fraction of sp³-hybridized carbons (Fsp3) is 0.636. The van der Waals surface area contributed by atoms with Crippen molar-refractivity contribution in [2.75, 3.05) is 24.3 Å². The van der Waals surface area contributed by atoms with Crippen LogP contribution in [0.5, 0.6) is 5.88 Å². The summed E-state index contributed by atoms with van der Waals surface area (Å²) in [6, 6.07) is 1.80. The highest BCUT2D eigenvalue weighted by atomic mass is 35.5. The summed E-state index contributed by atoms with van der Waals surface area (Å²) in [4.78, 5) is 8.45. The molecule has 4 nitrogen and oxygen atoms in total. The number of rotatable bonds is 6. The molecule has 0 amide bonds. The number of hydrogen-bond acceptors (Lipinski definition) is 4. The van der Waals surface area contributed by atoms with Crippen LogP contribution in [0.15, 0.2) is 6.07 Å². The van der Waals surface area contributed by atoms with Gasteiger partial charge in [-0.15, -0.1) is 11.6 Å². The van der Waals surface area contributed by atoms with Crippen LogP contribution < -0.4 is 10.1 Å². The maximum Gasteiger partial charge on any atom is 0.218 e. The van der Waals surface area contributed by atoms with E-state index in [9.17, 15) is 0 Å². The van der Waals surface area contributed by atoms with Crippen LogP contribution in [0.4, 0.5) is 5.82 Å². The molecule has 1 aromatic rings. The van der Waals surface area contributed by atoms with Crippen molar-refractivity contribution < 1.29 is 4.74 Å². The molecule has 1 atom stereocenters. The first kappa shape index (κ1) is 13.0. The molecule has 0 radical (unpaired) electrons. The highest BCUT2D eigenvalue weighted by molar-refractivity contribution is 6.18. The zero-order valence-corrected chi connectivity index (χ0v) is 10.7. The Morgan fingerprint density at radius 3 is 2.88 bits per heavy atom. The van der Waals surface area contributed by atoms with Crippen molar-refractivity contribution in [2.24, 2.45) is 5.92 Å². The van der Waals surface area contributed by atoms with Crippen LogP contribution in [-0.4, -0.2) is 29.0 Å². The standard InChI is InChI=1S/C11H18ClN3O/c1-4-16-11-5-10(14-9(3)15-11)13-7-8(2)6-12/h5,8H,4,6-7H2,1-3H3,(H,13,14,15). The first-order valence-electron chi connectivity index (χ1n) is 5.44. The third-order valence-corrected chi connectivity index (χ3v) is 2.53. The number of hydrogen-bond donors (Lipinski definition) is 1. The molecule has 16 heavy (non-hydrogen) atoms. The molecule has 1 aromatic heterocycles. The lowest BCUT2D eigenvalue weighted by Gasteiger charge is -2.11. The second-order valence-corrected chi connectivity index (χ2v) is 4.02. The number of anilines is 1. The molecule has 1 N–H and O–H groups in total. The Hall–Kier alpha value is -1.03. The lowest BCUT2D eigenvalue weighted by atomic mass is 10.2. The van der Waals surface area contributed by atoms with Gasteiger partial charge >= 0.3 is 0 Å². The first-order chi connectivity index (χ1) is 7.65. The highest BCUT2D eigenvalue weighted by Gasteiger charge is 2.04. The van der Waals surface area contributed by atoms with Gasteiger partial charge < -0.3 is 10.1 Å². The van der Waals surface area contributed by atoms with E-state index in [1.54, 1.807) is 6.07 Å². The van der Waals surface area contributed by atoms with E-state index in [4.69, 9.17) is 16.3 Å². The smallest absolute Gasteiger partial charge is 0.218 e. The SMILES string of the molecule is CCOc1cc(NCC(C)CCl)nc(C)n1. The molecule has 0 bridgehead atoms. The summed E-state index contributed by atoms with van der Waals surface area (Å²) in [5.74, 6) is 3.14. The quantitative estimate of drug-likeness (QED) is 0.780. The third kappa shape index (κ3) is 4.23. The molecular formula is C11H18ClN3O. The molecule has 1 heterocycles. The number of alkyl halides is 1. The van der Waals surface area contributed by atoms with Crippen LogP contribution in [-0.2, 0) is 0 Å². The average molecular weight is 244 g/mol. The summed E-state index contributed by atoms with van der Waals surface area (Å²) in [5.41, 5.74) is 0. The molecule has 90 valence electrons. The summed E-state index contributed by atoms with van der Waals surface area (Å²) in [6.07, 6.45) is 0. The molecule has 0 aliphatic carbocycles. The number of nitrogens with one attached hydrogen (secondary N) is 1. The van der Waals surface area contributed by atoms with Crippen molar-refractivity contribution in [3.05, 3.63) is 11.9 Å². The molecule has 0 aliphatic rings. The van der Waals surface area contributed by atoms with Crippen molar-refractivity contribution in [2.45, 2.75) is 20.8 Å². The Morgan fingerprint density at radius 1 is 1.50 bits per heavy atom. The Morgan fingerprint density at radius 2 is 2.25 bits per heavy atom. The van der Waals surface area contributed by atoms with Gasteiger partial charge in [-0.25, -0.2) is 4.98 Å². The third-order valence-electron chi connectivity index (χ3n) is 2.00. The maximum absolute atomic E-state index is 5.73. The van der Waals surface area contributed by atoms with Gasteiger partial charge in [0.1, 0.15) is 11.6 Å². The number of halogens is 1. The fourth-order valence-corrected chi connectivity index (χ4v) is 1.30. The molecule has 1 unspecified atom stereocenters. The fourth-order valence-electron chi connectivity index (χ4n) is 1.19. The zero-order chi connectivity index (χ0) is 12.0. The Kier molecular flexibility index (Phi) is 5.32. The van der Waals surface area contributed by atoms with E-state index in [0.717, 1.165) is 12.4 Å². The zero-order valence-electron chi connectivity index (χ0n) is 9.96. The topological polar surface area (TPSA) is 47.0 Å². The van der Waals surface area contributed by atoms with E-state index < -0.39 is 0 Å². The predicted molar refractivity (Wildman–Crippen MR) is 66.3 cm³/mol. The molecule has 0 spiro atoms. The molecular weight excluding hydrogens is 226 g/mol. The van der Waals surface area contributed by atoms with Gasteiger partial charge in [0.15, 0.2) is 0 Å². The van der Waals surface area contributed by atoms with Crippen LogP contribution in [0, 0.1) is 12.8 Å². The molecule has 1 rings (SSSR count). The Labute approximate surface area is 101 Å². The summed E-state index contributed by atoms with van der Waals surface area (Å²) >= 11 is 5.73. The largest absolute Gasteiger partial charge is 0.478 e. The normalized spacial score (nSPS) is 12.2. The summed E-state index contributed by atoms with van der Waals surface area (Å²) < 4.78 is 5.34. The Bertz CT molecular complexity index is 333. The van der Waals surface area contributed by atoms with E-state index >= 15 is 0 Å². The van der Waals surface area contributed by atoms with Gasteiger partial charge in [-0.1, -0.05) is 6.92 Å². The molecule has 0 saturated carbocycles.